The van der Waals surface area contributed by atoms with Crippen LogP contribution < -0.4 is 20.0 Å². The molecule has 0 N–H and O–H groups in total. The summed E-state index contributed by atoms with van der Waals surface area (Å²) in [6.07, 6.45) is 0. The van der Waals surface area contributed by atoms with Gasteiger partial charge in [-0.05, 0) is 50.2 Å². The molecule has 3 aromatic rings. The van der Waals surface area contributed by atoms with Crippen LogP contribution >= 0.6 is 0 Å². The minimum atomic E-state index is -0.685. The topological polar surface area (TPSA) is 96.7 Å². The van der Waals surface area contributed by atoms with E-state index >= 15 is 0 Å². The standard InChI is InChI=1S/C28H33NO8/c1-3-29(4-2)22-7-5-20-17-23(28(31)37-25(20)19-22)27(30)21-6-8-24-26(18-21)36-16-14-34-12-10-32-9-11-33-13-15-35-24/h5-8,17-19H,3-4,9-16H2,1-2H3. The number of ketones is 1. The van der Waals surface area contributed by atoms with E-state index in [0.717, 1.165) is 18.8 Å². The molecule has 198 valence electrons. The fraction of sp³-hybridized carbons (Fsp3) is 0.429. The Labute approximate surface area is 215 Å². The van der Waals surface area contributed by atoms with Gasteiger partial charge in [-0.3, -0.25) is 4.79 Å². The van der Waals surface area contributed by atoms with Crippen molar-refractivity contribution >= 4 is 22.4 Å². The van der Waals surface area contributed by atoms with Crippen LogP contribution in [0.25, 0.3) is 11.0 Å². The first-order valence-corrected chi connectivity index (χ1v) is 12.6. The molecule has 1 aromatic heterocycles. The van der Waals surface area contributed by atoms with Crippen molar-refractivity contribution in [3.63, 3.8) is 0 Å². The van der Waals surface area contributed by atoms with Gasteiger partial charge in [-0.1, -0.05) is 0 Å². The third-order valence-corrected chi connectivity index (χ3v) is 6.01. The number of ether oxygens (including phenoxy) is 5. The van der Waals surface area contributed by atoms with Gasteiger partial charge in [0.25, 0.3) is 0 Å². The Morgan fingerprint density at radius 1 is 0.757 bits per heavy atom. The first kappa shape index (κ1) is 26.7. The molecule has 4 rings (SSSR count). The lowest BCUT2D eigenvalue weighted by Crippen LogP contribution is -2.21. The number of hydrogen-bond acceptors (Lipinski definition) is 9. The third kappa shape index (κ3) is 6.88. The normalized spacial score (nSPS) is 15.5. The Hall–Kier alpha value is -3.40. The molecule has 1 aliphatic heterocycles. The van der Waals surface area contributed by atoms with Crippen LogP contribution in [0.4, 0.5) is 5.69 Å². The van der Waals surface area contributed by atoms with Crippen LogP contribution in [0, 0.1) is 0 Å². The van der Waals surface area contributed by atoms with Crippen LogP contribution in [0.5, 0.6) is 11.5 Å². The van der Waals surface area contributed by atoms with Crippen molar-refractivity contribution in [2.24, 2.45) is 0 Å². The zero-order chi connectivity index (χ0) is 26.0. The van der Waals surface area contributed by atoms with Crippen molar-refractivity contribution in [1.82, 2.24) is 0 Å². The van der Waals surface area contributed by atoms with E-state index in [4.69, 9.17) is 28.1 Å². The molecule has 0 aliphatic carbocycles. The molecule has 0 fully saturated rings. The lowest BCUT2D eigenvalue weighted by Gasteiger charge is -2.21. The van der Waals surface area contributed by atoms with E-state index < -0.39 is 11.4 Å². The molecular formula is C28H33NO8. The Kier molecular flexibility index (Phi) is 9.53. The summed E-state index contributed by atoms with van der Waals surface area (Å²) in [6, 6.07) is 12.1. The molecule has 9 heteroatoms. The SMILES string of the molecule is CCN(CC)c1ccc2cc(C(=O)c3ccc4c(c3)OCCOCCOCCOCCO4)c(=O)oc2c1. The molecular weight excluding hydrogens is 478 g/mol. The molecule has 0 amide bonds. The molecule has 37 heavy (non-hydrogen) atoms. The van der Waals surface area contributed by atoms with Crippen LogP contribution in [0.2, 0.25) is 0 Å². The van der Waals surface area contributed by atoms with Gasteiger partial charge in [-0.25, -0.2) is 4.79 Å². The summed E-state index contributed by atoms with van der Waals surface area (Å²) >= 11 is 0. The van der Waals surface area contributed by atoms with Crippen LogP contribution in [0.1, 0.15) is 29.8 Å². The van der Waals surface area contributed by atoms with Gasteiger partial charge in [0.15, 0.2) is 11.5 Å². The smallest absolute Gasteiger partial charge is 0.347 e. The predicted molar refractivity (Wildman–Crippen MR) is 139 cm³/mol. The second kappa shape index (κ2) is 13.2. The fourth-order valence-corrected chi connectivity index (χ4v) is 4.04. The number of hydrogen-bond donors (Lipinski definition) is 0. The van der Waals surface area contributed by atoms with Crippen molar-refractivity contribution in [2.75, 3.05) is 70.8 Å². The summed E-state index contributed by atoms with van der Waals surface area (Å²) in [6.45, 7) is 8.97. The Morgan fingerprint density at radius 3 is 2.03 bits per heavy atom. The molecule has 0 unspecified atom stereocenters. The maximum Gasteiger partial charge on any atom is 0.347 e. The van der Waals surface area contributed by atoms with Crippen molar-refractivity contribution in [1.29, 1.82) is 0 Å². The number of rotatable bonds is 5. The van der Waals surface area contributed by atoms with Crippen LogP contribution in [0.3, 0.4) is 0 Å². The summed E-state index contributed by atoms with van der Waals surface area (Å²) in [5.74, 6) is 0.401. The molecule has 0 saturated carbocycles. The average molecular weight is 512 g/mol. The average Bonchev–Trinajstić information content (AvgIpc) is 2.92. The molecule has 2 heterocycles. The summed E-state index contributed by atoms with van der Waals surface area (Å²) in [7, 11) is 0. The largest absolute Gasteiger partial charge is 0.487 e. The second-order valence-electron chi connectivity index (χ2n) is 8.37. The fourth-order valence-electron chi connectivity index (χ4n) is 4.04. The quantitative estimate of drug-likeness (QED) is 0.375. The maximum absolute atomic E-state index is 13.3. The van der Waals surface area contributed by atoms with Gasteiger partial charge in [0.1, 0.15) is 24.4 Å². The van der Waals surface area contributed by atoms with Gasteiger partial charge in [0, 0.05) is 35.8 Å². The van der Waals surface area contributed by atoms with E-state index in [1.54, 1.807) is 24.3 Å². The van der Waals surface area contributed by atoms with Gasteiger partial charge < -0.3 is 33.0 Å². The van der Waals surface area contributed by atoms with Gasteiger partial charge >= 0.3 is 5.63 Å². The highest BCUT2D eigenvalue weighted by Crippen LogP contribution is 2.30. The van der Waals surface area contributed by atoms with Gasteiger partial charge in [0.2, 0.25) is 5.78 Å². The molecule has 1 aliphatic rings. The molecule has 0 saturated heterocycles. The maximum atomic E-state index is 13.3. The molecule has 0 bridgehead atoms. The Bertz CT molecular complexity index is 1250. The number of nitrogens with zero attached hydrogens (tertiary/aromatic N) is 1. The zero-order valence-electron chi connectivity index (χ0n) is 21.3. The van der Waals surface area contributed by atoms with Crippen LogP contribution in [0.15, 0.2) is 51.7 Å². The van der Waals surface area contributed by atoms with Crippen LogP contribution in [-0.4, -0.2) is 71.7 Å². The highest BCUT2D eigenvalue weighted by Gasteiger charge is 2.19. The number of fused-ring (bicyclic) bond motifs is 2. The van der Waals surface area contributed by atoms with Gasteiger partial charge in [0.05, 0.1) is 39.6 Å². The highest BCUT2D eigenvalue weighted by molar-refractivity contribution is 6.10. The van der Waals surface area contributed by atoms with Gasteiger partial charge in [-0.15, -0.1) is 0 Å². The lowest BCUT2D eigenvalue weighted by atomic mass is 10.0. The minimum Gasteiger partial charge on any atom is -0.487 e. The van der Waals surface area contributed by atoms with Gasteiger partial charge in [-0.2, -0.15) is 0 Å². The zero-order valence-corrected chi connectivity index (χ0v) is 21.3. The Morgan fingerprint density at radius 2 is 1.38 bits per heavy atom. The van der Waals surface area contributed by atoms with E-state index in [2.05, 4.69) is 18.7 Å². The number of carbonyl (C=O) groups excluding carboxylic acids is 1. The number of anilines is 1. The molecule has 2 aromatic carbocycles. The van der Waals surface area contributed by atoms with E-state index in [0.29, 0.717) is 68.7 Å². The predicted octanol–water partition coefficient (Wildman–Crippen LogP) is 3.69. The summed E-state index contributed by atoms with van der Waals surface area (Å²) in [5, 5.41) is 0.675. The monoisotopic (exact) mass is 511 g/mol. The second-order valence-corrected chi connectivity index (χ2v) is 8.37. The van der Waals surface area contributed by atoms with Crippen molar-refractivity contribution < 1.29 is 32.9 Å². The molecule has 0 atom stereocenters. The Balaban J connectivity index is 1.58. The van der Waals surface area contributed by atoms with Crippen LogP contribution in [-0.2, 0) is 14.2 Å². The highest BCUT2D eigenvalue weighted by atomic mass is 16.6. The summed E-state index contributed by atoms with van der Waals surface area (Å²) in [4.78, 5) is 28.3. The summed E-state index contributed by atoms with van der Waals surface area (Å²) in [5.41, 5.74) is 0.960. The number of carbonyl (C=O) groups is 1. The van der Waals surface area contributed by atoms with E-state index in [-0.39, 0.29) is 17.7 Å². The van der Waals surface area contributed by atoms with Crippen molar-refractivity contribution in [3.8, 4) is 11.5 Å². The minimum absolute atomic E-state index is 0.0437. The number of benzene rings is 2. The molecule has 0 spiro atoms. The third-order valence-electron chi connectivity index (χ3n) is 6.01. The molecule has 0 radical (unpaired) electrons. The van der Waals surface area contributed by atoms with Crippen molar-refractivity contribution in [2.45, 2.75) is 13.8 Å². The first-order valence-electron chi connectivity index (χ1n) is 12.6. The molecule has 9 nitrogen and oxygen atoms in total. The summed E-state index contributed by atoms with van der Waals surface area (Å²) < 4.78 is 33.6. The lowest BCUT2D eigenvalue weighted by molar-refractivity contribution is 0.00708. The van der Waals surface area contributed by atoms with E-state index in [1.807, 2.05) is 18.2 Å². The van der Waals surface area contributed by atoms with Crippen molar-refractivity contribution in [3.05, 3.63) is 64.0 Å². The first-order chi connectivity index (χ1) is 18.1. The van der Waals surface area contributed by atoms with E-state index in [9.17, 15) is 9.59 Å². The van der Waals surface area contributed by atoms with E-state index in [1.165, 1.54) is 0 Å².